The van der Waals surface area contributed by atoms with E-state index in [0.717, 1.165) is 22.3 Å². The molecule has 0 bridgehead atoms. The summed E-state index contributed by atoms with van der Waals surface area (Å²) in [6.45, 7) is 5.53. The normalized spacial score (nSPS) is 19.5. The highest BCUT2D eigenvalue weighted by Gasteiger charge is 2.41. The lowest BCUT2D eigenvalue weighted by molar-refractivity contribution is -0.122. The molecule has 3 amide bonds. The monoisotopic (exact) mass is 451 g/mol. The molecule has 1 fully saturated rings. The summed E-state index contributed by atoms with van der Waals surface area (Å²) in [6.07, 6.45) is -1.03. The van der Waals surface area contributed by atoms with Gasteiger partial charge in [-0.3, -0.25) is 9.69 Å². The number of hydrogen-bond donors (Lipinski definition) is 2. The molecule has 33 heavy (non-hydrogen) atoms. The molecule has 0 aromatic heterocycles. The van der Waals surface area contributed by atoms with E-state index in [1.165, 1.54) is 4.90 Å². The number of nitrogens with two attached hydrogens (primary N) is 1. The molecule has 1 heterocycles. The minimum atomic E-state index is -0.848. The number of fused-ring (bicyclic) bond motifs is 3. The van der Waals surface area contributed by atoms with E-state index in [-0.39, 0.29) is 25.5 Å². The van der Waals surface area contributed by atoms with E-state index in [1.807, 2.05) is 24.3 Å². The number of benzene rings is 2. The van der Waals surface area contributed by atoms with Gasteiger partial charge in [0.25, 0.3) is 0 Å². The van der Waals surface area contributed by atoms with E-state index in [0.29, 0.717) is 0 Å². The fourth-order valence-corrected chi connectivity index (χ4v) is 4.54. The average Bonchev–Trinajstić information content (AvgIpc) is 3.31. The summed E-state index contributed by atoms with van der Waals surface area (Å²) >= 11 is 0. The molecule has 2 atom stereocenters. The van der Waals surface area contributed by atoms with Crippen LogP contribution in [0.2, 0.25) is 0 Å². The molecule has 0 radical (unpaired) electrons. The topological polar surface area (TPSA) is 111 Å². The van der Waals surface area contributed by atoms with Crippen LogP contribution >= 0.6 is 0 Å². The number of carbonyl (C=O) groups is 3. The molecule has 2 aliphatic rings. The first-order valence-corrected chi connectivity index (χ1v) is 11.0. The number of alkyl carbamates (subject to hydrolysis) is 1. The molecule has 0 spiro atoms. The summed E-state index contributed by atoms with van der Waals surface area (Å²) in [6, 6.07) is 14.9. The van der Waals surface area contributed by atoms with Crippen molar-refractivity contribution in [1.29, 1.82) is 0 Å². The van der Waals surface area contributed by atoms with Gasteiger partial charge in [-0.05, 0) is 49.4 Å². The molecular formula is C25H29N3O5. The fourth-order valence-electron chi connectivity index (χ4n) is 4.54. The van der Waals surface area contributed by atoms with Gasteiger partial charge in [-0.1, -0.05) is 48.5 Å². The molecule has 2 aromatic carbocycles. The Labute approximate surface area is 193 Å². The Kier molecular flexibility index (Phi) is 6.01. The largest absolute Gasteiger partial charge is 0.449 e. The quantitative estimate of drug-likeness (QED) is 0.740. The van der Waals surface area contributed by atoms with Gasteiger partial charge in [-0.25, -0.2) is 9.59 Å². The van der Waals surface area contributed by atoms with Crippen LogP contribution in [0.4, 0.5) is 9.59 Å². The number of likely N-dealkylation sites (tertiary alicyclic amines) is 1. The van der Waals surface area contributed by atoms with Gasteiger partial charge in [0, 0.05) is 12.5 Å². The number of carbonyl (C=O) groups excluding carboxylic acids is 3. The highest BCUT2D eigenvalue weighted by molar-refractivity contribution is 5.85. The molecule has 0 saturated carbocycles. The Bertz CT molecular complexity index is 1030. The van der Waals surface area contributed by atoms with Crippen molar-refractivity contribution < 1.29 is 23.9 Å². The van der Waals surface area contributed by atoms with Crippen molar-refractivity contribution in [2.75, 3.05) is 13.2 Å². The second kappa shape index (κ2) is 8.77. The average molecular weight is 452 g/mol. The molecule has 1 aliphatic carbocycles. The Morgan fingerprint density at radius 2 is 1.61 bits per heavy atom. The van der Waals surface area contributed by atoms with Crippen LogP contribution in [0.1, 0.15) is 44.2 Å². The second-order valence-electron chi connectivity index (χ2n) is 9.45. The highest BCUT2D eigenvalue weighted by atomic mass is 16.6. The van der Waals surface area contributed by atoms with Crippen molar-refractivity contribution in [2.45, 2.75) is 50.8 Å². The van der Waals surface area contributed by atoms with Crippen molar-refractivity contribution >= 4 is 18.1 Å². The number of hydrogen-bond acceptors (Lipinski definition) is 5. The standard InChI is InChI=1S/C25H29N3O5/c1-25(2,3)33-24(31)28-13-15(12-21(28)22(26)29)27-23(30)32-14-20-18-10-6-4-8-16(18)17-9-5-7-11-19(17)20/h4-11,15,20-21H,12-14H2,1-3H3,(H2,26,29)(H,27,30)/t15-,21+/m1/s1. The van der Waals surface area contributed by atoms with Crippen molar-refractivity contribution in [3.05, 3.63) is 59.7 Å². The lowest BCUT2D eigenvalue weighted by atomic mass is 9.98. The summed E-state index contributed by atoms with van der Waals surface area (Å²) in [5.41, 5.74) is 9.31. The minimum Gasteiger partial charge on any atom is -0.449 e. The maximum atomic E-state index is 12.6. The molecular weight excluding hydrogens is 422 g/mol. The van der Waals surface area contributed by atoms with Crippen LogP contribution in [-0.2, 0) is 14.3 Å². The third-order valence-electron chi connectivity index (χ3n) is 5.92. The van der Waals surface area contributed by atoms with Gasteiger partial charge < -0.3 is 20.5 Å². The Morgan fingerprint density at radius 3 is 2.15 bits per heavy atom. The number of ether oxygens (including phenoxy) is 2. The Morgan fingerprint density at radius 1 is 1.03 bits per heavy atom. The molecule has 0 unspecified atom stereocenters. The Hall–Kier alpha value is -3.55. The summed E-state index contributed by atoms with van der Waals surface area (Å²) in [4.78, 5) is 38.2. The predicted octanol–water partition coefficient (Wildman–Crippen LogP) is 3.39. The first-order valence-electron chi connectivity index (χ1n) is 11.0. The van der Waals surface area contributed by atoms with Crippen LogP contribution < -0.4 is 11.1 Å². The first-order chi connectivity index (χ1) is 15.6. The molecule has 174 valence electrons. The lowest BCUT2D eigenvalue weighted by Gasteiger charge is -2.27. The molecule has 8 nitrogen and oxygen atoms in total. The van der Waals surface area contributed by atoms with Gasteiger partial charge in [0.05, 0.1) is 6.04 Å². The van der Waals surface area contributed by atoms with Crippen LogP contribution in [-0.4, -0.2) is 53.8 Å². The molecule has 2 aromatic rings. The maximum Gasteiger partial charge on any atom is 0.411 e. The number of rotatable bonds is 4. The van der Waals surface area contributed by atoms with E-state index in [2.05, 4.69) is 29.6 Å². The summed E-state index contributed by atoms with van der Waals surface area (Å²) in [5.74, 6) is -0.693. The number of amides is 3. The summed E-state index contributed by atoms with van der Waals surface area (Å²) in [5, 5.41) is 2.76. The number of primary amides is 1. The van der Waals surface area contributed by atoms with Crippen LogP contribution in [0.3, 0.4) is 0 Å². The summed E-state index contributed by atoms with van der Waals surface area (Å²) < 4.78 is 10.9. The molecule has 1 saturated heterocycles. The number of nitrogens with zero attached hydrogens (tertiary/aromatic N) is 1. The van der Waals surface area contributed by atoms with Crippen LogP contribution in [0.5, 0.6) is 0 Å². The van der Waals surface area contributed by atoms with E-state index in [1.54, 1.807) is 20.8 Å². The van der Waals surface area contributed by atoms with Gasteiger partial charge in [0.15, 0.2) is 0 Å². The van der Waals surface area contributed by atoms with Gasteiger partial charge in [0.1, 0.15) is 18.2 Å². The second-order valence-corrected chi connectivity index (χ2v) is 9.45. The zero-order valence-electron chi connectivity index (χ0n) is 19.0. The third kappa shape index (κ3) is 4.79. The van der Waals surface area contributed by atoms with Crippen molar-refractivity contribution in [3.63, 3.8) is 0 Å². The van der Waals surface area contributed by atoms with Crippen molar-refractivity contribution in [3.8, 4) is 11.1 Å². The lowest BCUT2D eigenvalue weighted by Crippen LogP contribution is -2.46. The smallest absolute Gasteiger partial charge is 0.411 e. The zero-order valence-corrected chi connectivity index (χ0v) is 19.0. The van der Waals surface area contributed by atoms with Crippen LogP contribution in [0.25, 0.3) is 11.1 Å². The third-order valence-corrected chi connectivity index (χ3v) is 5.92. The molecule has 3 N–H and O–H groups in total. The van der Waals surface area contributed by atoms with Gasteiger partial charge >= 0.3 is 12.2 Å². The van der Waals surface area contributed by atoms with Crippen molar-refractivity contribution in [1.82, 2.24) is 10.2 Å². The zero-order chi connectivity index (χ0) is 23.8. The molecule has 8 heteroatoms. The minimum absolute atomic E-state index is 0.0524. The van der Waals surface area contributed by atoms with Crippen molar-refractivity contribution in [2.24, 2.45) is 5.73 Å². The van der Waals surface area contributed by atoms with E-state index in [4.69, 9.17) is 15.2 Å². The highest BCUT2D eigenvalue weighted by Crippen LogP contribution is 2.44. The van der Waals surface area contributed by atoms with E-state index in [9.17, 15) is 14.4 Å². The molecule has 1 aliphatic heterocycles. The fraction of sp³-hybridized carbons (Fsp3) is 0.400. The maximum absolute atomic E-state index is 12.6. The SMILES string of the molecule is CC(C)(C)OC(=O)N1C[C@H](NC(=O)OCC2c3ccccc3-c3ccccc32)C[C@H]1C(N)=O. The molecule has 4 rings (SSSR count). The first kappa shape index (κ1) is 22.6. The van der Waals surface area contributed by atoms with Gasteiger partial charge in [0.2, 0.25) is 5.91 Å². The van der Waals surface area contributed by atoms with E-state index < -0.39 is 35.8 Å². The van der Waals surface area contributed by atoms with Crippen LogP contribution in [0.15, 0.2) is 48.5 Å². The summed E-state index contributed by atoms with van der Waals surface area (Å²) in [7, 11) is 0. The Balaban J connectivity index is 1.39. The van der Waals surface area contributed by atoms with E-state index >= 15 is 0 Å². The predicted molar refractivity (Wildman–Crippen MR) is 123 cm³/mol. The number of nitrogens with one attached hydrogen (secondary N) is 1. The van der Waals surface area contributed by atoms with Gasteiger partial charge in [-0.2, -0.15) is 0 Å². The van der Waals surface area contributed by atoms with Gasteiger partial charge in [-0.15, -0.1) is 0 Å². The van der Waals surface area contributed by atoms with Crippen LogP contribution in [0, 0.1) is 0 Å².